The van der Waals surface area contributed by atoms with E-state index in [2.05, 4.69) is 10.6 Å². The van der Waals surface area contributed by atoms with Gasteiger partial charge in [0.25, 0.3) is 0 Å². The minimum atomic E-state index is -0.127. The molecule has 0 atom stereocenters. The van der Waals surface area contributed by atoms with Crippen LogP contribution in [0, 0.1) is 0 Å². The van der Waals surface area contributed by atoms with Crippen LogP contribution in [0.3, 0.4) is 0 Å². The molecule has 2 rings (SSSR count). The average Bonchev–Trinajstić information content (AvgIpc) is 2.72. The van der Waals surface area contributed by atoms with Gasteiger partial charge in [0.1, 0.15) is 5.58 Å². The zero-order chi connectivity index (χ0) is 13.0. The Bertz CT molecular complexity index is 531. The van der Waals surface area contributed by atoms with Crippen molar-refractivity contribution in [1.29, 1.82) is 0 Å². The van der Waals surface area contributed by atoms with Gasteiger partial charge in [-0.3, -0.25) is 0 Å². The van der Waals surface area contributed by atoms with Gasteiger partial charge in [0.15, 0.2) is 0 Å². The maximum atomic E-state index is 11.4. The van der Waals surface area contributed by atoms with Crippen molar-refractivity contribution in [1.82, 2.24) is 10.6 Å². The van der Waals surface area contributed by atoms with Crippen LogP contribution in [-0.2, 0) is 6.42 Å². The predicted molar refractivity (Wildman–Crippen MR) is 71.6 cm³/mol. The topological polar surface area (TPSA) is 54.3 Å². The summed E-state index contributed by atoms with van der Waals surface area (Å²) in [6.07, 6.45) is 2.52. The van der Waals surface area contributed by atoms with E-state index in [0.717, 1.165) is 23.0 Å². The molecule has 0 bridgehead atoms. The fourth-order valence-electron chi connectivity index (χ4n) is 1.85. The SMILES string of the molecule is CC(C)NC(=O)NCCc1coc2ccccc12. The summed E-state index contributed by atoms with van der Waals surface area (Å²) in [6.45, 7) is 4.47. The van der Waals surface area contributed by atoms with E-state index in [1.807, 2.05) is 38.1 Å². The molecule has 1 heterocycles. The minimum Gasteiger partial charge on any atom is -0.464 e. The molecule has 2 amide bonds. The highest BCUT2D eigenvalue weighted by Crippen LogP contribution is 2.20. The number of fused-ring (bicyclic) bond motifs is 1. The number of rotatable bonds is 4. The lowest BCUT2D eigenvalue weighted by molar-refractivity contribution is 0.238. The first-order valence-corrected chi connectivity index (χ1v) is 6.16. The Balaban J connectivity index is 1.89. The van der Waals surface area contributed by atoms with E-state index < -0.39 is 0 Å². The molecular weight excluding hydrogens is 228 g/mol. The van der Waals surface area contributed by atoms with Gasteiger partial charge in [0, 0.05) is 18.0 Å². The molecule has 1 aromatic heterocycles. The monoisotopic (exact) mass is 246 g/mol. The van der Waals surface area contributed by atoms with Gasteiger partial charge in [0.2, 0.25) is 0 Å². The quantitative estimate of drug-likeness (QED) is 0.871. The summed E-state index contributed by atoms with van der Waals surface area (Å²) in [4.78, 5) is 11.4. The molecule has 96 valence electrons. The molecule has 0 saturated carbocycles. The number of nitrogens with one attached hydrogen (secondary N) is 2. The Labute approximate surface area is 106 Å². The van der Waals surface area contributed by atoms with E-state index in [0.29, 0.717) is 6.54 Å². The van der Waals surface area contributed by atoms with E-state index in [1.165, 1.54) is 0 Å². The maximum absolute atomic E-state index is 11.4. The number of para-hydroxylation sites is 1. The first-order chi connectivity index (χ1) is 8.66. The van der Waals surface area contributed by atoms with Gasteiger partial charge in [-0.05, 0) is 31.9 Å². The summed E-state index contributed by atoms with van der Waals surface area (Å²) in [7, 11) is 0. The van der Waals surface area contributed by atoms with Gasteiger partial charge < -0.3 is 15.1 Å². The van der Waals surface area contributed by atoms with Crippen LogP contribution in [-0.4, -0.2) is 18.6 Å². The van der Waals surface area contributed by atoms with Crippen molar-refractivity contribution in [3.63, 3.8) is 0 Å². The lowest BCUT2D eigenvalue weighted by Gasteiger charge is -2.09. The van der Waals surface area contributed by atoms with Gasteiger partial charge in [0.05, 0.1) is 6.26 Å². The highest BCUT2D eigenvalue weighted by atomic mass is 16.3. The van der Waals surface area contributed by atoms with Crippen LogP contribution in [0.1, 0.15) is 19.4 Å². The molecule has 2 N–H and O–H groups in total. The molecule has 0 radical (unpaired) electrons. The fraction of sp³-hybridized carbons (Fsp3) is 0.357. The van der Waals surface area contributed by atoms with E-state index in [1.54, 1.807) is 6.26 Å². The van der Waals surface area contributed by atoms with Crippen LogP contribution >= 0.6 is 0 Å². The van der Waals surface area contributed by atoms with Crippen LogP contribution < -0.4 is 10.6 Å². The highest BCUT2D eigenvalue weighted by Gasteiger charge is 2.06. The Morgan fingerprint density at radius 2 is 2.11 bits per heavy atom. The Morgan fingerprint density at radius 3 is 2.89 bits per heavy atom. The molecule has 2 aromatic rings. The second kappa shape index (κ2) is 5.58. The second-order valence-electron chi connectivity index (χ2n) is 4.56. The zero-order valence-corrected chi connectivity index (χ0v) is 10.7. The van der Waals surface area contributed by atoms with Crippen LogP contribution in [0.5, 0.6) is 0 Å². The number of hydrogen-bond acceptors (Lipinski definition) is 2. The largest absolute Gasteiger partial charge is 0.464 e. The van der Waals surface area contributed by atoms with E-state index >= 15 is 0 Å². The first kappa shape index (κ1) is 12.5. The summed E-state index contributed by atoms with van der Waals surface area (Å²) in [5.74, 6) is 0. The Morgan fingerprint density at radius 1 is 1.33 bits per heavy atom. The fourth-order valence-corrected chi connectivity index (χ4v) is 1.85. The number of furan rings is 1. The van der Waals surface area contributed by atoms with Crippen molar-refractivity contribution in [3.05, 3.63) is 36.1 Å². The smallest absolute Gasteiger partial charge is 0.314 e. The third-order valence-corrected chi connectivity index (χ3v) is 2.66. The van der Waals surface area contributed by atoms with E-state index in [4.69, 9.17) is 4.42 Å². The normalized spacial score (nSPS) is 10.8. The van der Waals surface area contributed by atoms with Crippen molar-refractivity contribution in [2.75, 3.05) is 6.54 Å². The van der Waals surface area contributed by atoms with Crippen LogP contribution in [0.15, 0.2) is 34.9 Å². The molecule has 4 heteroatoms. The van der Waals surface area contributed by atoms with Crippen molar-refractivity contribution in [3.8, 4) is 0 Å². The van der Waals surface area contributed by atoms with Gasteiger partial charge in [-0.1, -0.05) is 18.2 Å². The minimum absolute atomic E-state index is 0.127. The van der Waals surface area contributed by atoms with Crippen molar-refractivity contribution in [2.24, 2.45) is 0 Å². The second-order valence-corrected chi connectivity index (χ2v) is 4.56. The predicted octanol–water partition coefficient (Wildman–Crippen LogP) is 2.68. The third-order valence-electron chi connectivity index (χ3n) is 2.66. The van der Waals surface area contributed by atoms with Crippen LogP contribution in [0.2, 0.25) is 0 Å². The first-order valence-electron chi connectivity index (χ1n) is 6.16. The number of urea groups is 1. The zero-order valence-electron chi connectivity index (χ0n) is 10.7. The number of amides is 2. The van der Waals surface area contributed by atoms with Gasteiger partial charge in [-0.2, -0.15) is 0 Å². The van der Waals surface area contributed by atoms with Crippen molar-refractivity contribution < 1.29 is 9.21 Å². The molecule has 18 heavy (non-hydrogen) atoms. The van der Waals surface area contributed by atoms with Gasteiger partial charge in [-0.15, -0.1) is 0 Å². The number of carbonyl (C=O) groups is 1. The number of benzene rings is 1. The maximum Gasteiger partial charge on any atom is 0.314 e. The Hall–Kier alpha value is -1.97. The molecule has 0 unspecified atom stereocenters. The number of hydrogen-bond donors (Lipinski definition) is 2. The molecule has 1 aromatic carbocycles. The van der Waals surface area contributed by atoms with E-state index in [-0.39, 0.29) is 12.1 Å². The summed E-state index contributed by atoms with van der Waals surface area (Å²) in [5, 5.41) is 6.73. The molecule has 0 saturated heterocycles. The molecular formula is C14H18N2O2. The summed E-state index contributed by atoms with van der Waals surface area (Å²) >= 11 is 0. The van der Waals surface area contributed by atoms with Gasteiger partial charge >= 0.3 is 6.03 Å². The summed E-state index contributed by atoms with van der Waals surface area (Å²) < 4.78 is 5.44. The van der Waals surface area contributed by atoms with E-state index in [9.17, 15) is 4.79 Å². The molecule has 0 aliphatic carbocycles. The highest BCUT2D eigenvalue weighted by molar-refractivity contribution is 5.81. The lowest BCUT2D eigenvalue weighted by atomic mass is 10.1. The summed E-state index contributed by atoms with van der Waals surface area (Å²) in [5.41, 5.74) is 2.01. The average molecular weight is 246 g/mol. The molecule has 0 fully saturated rings. The van der Waals surface area contributed by atoms with Crippen LogP contribution in [0.4, 0.5) is 4.79 Å². The lowest BCUT2D eigenvalue weighted by Crippen LogP contribution is -2.40. The van der Waals surface area contributed by atoms with Crippen LogP contribution in [0.25, 0.3) is 11.0 Å². The molecule has 0 aliphatic heterocycles. The third kappa shape index (κ3) is 3.03. The summed E-state index contributed by atoms with van der Waals surface area (Å²) in [6, 6.07) is 7.93. The van der Waals surface area contributed by atoms with Gasteiger partial charge in [-0.25, -0.2) is 4.79 Å². The molecule has 4 nitrogen and oxygen atoms in total. The number of carbonyl (C=O) groups excluding carboxylic acids is 1. The molecule has 0 spiro atoms. The van der Waals surface area contributed by atoms with Crippen molar-refractivity contribution in [2.45, 2.75) is 26.3 Å². The molecule has 0 aliphatic rings. The standard InChI is InChI=1S/C14H18N2O2/c1-10(2)16-14(17)15-8-7-11-9-18-13-6-4-3-5-12(11)13/h3-6,9-10H,7-8H2,1-2H3,(H2,15,16,17). The Kier molecular flexibility index (Phi) is 3.87. The van der Waals surface area contributed by atoms with Crippen molar-refractivity contribution >= 4 is 17.0 Å².